The van der Waals surface area contributed by atoms with Crippen LogP contribution in [0.2, 0.25) is 0 Å². The highest BCUT2D eigenvalue weighted by Gasteiger charge is 2.18. The summed E-state index contributed by atoms with van der Waals surface area (Å²) < 4.78 is 20.1. The van der Waals surface area contributed by atoms with Gasteiger partial charge in [-0.05, 0) is 46.7 Å². The Hall–Kier alpha value is -1.28. The first-order valence-corrected chi connectivity index (χ1v) is 10.8. The van der Waals surface area contributed by atoms with Crippen LogP contribution >= 0.6 is 22.6 Å². The minimum atomic E-state index is -1.14. The third-order valence-corrected chi connectivity index (χ3v) is 4.97. The van der Waals surface area contributed by atoms with E-state index in [1.54, 1.807) is 24.3 Å². The van der Waals surface area contributed by atoms with Crippen LogP contribution in [0.3, 0.4) is 0 Å². The van der Waals surface area contributed by atoms with Crippen molar-refractivity contribution in [3.63, 3.8) is 0 Å². The first-order valence-electron chi connectivity index (χ1n) is 9.70. The Balaban J connectivity index is 1.72. The second kappa shape index (κ2) is 12.2. The Morgan fingerprint density at radius 1 is 1.04 bits per heavy atom. The SMILES string of the molecule is CCCCCCCCCCOc1ccc(C(O)c2ncc(I)nc2F)cc1. The summed E-state index contributed by atoms with van der Waals surface area (Å²) in [4.78, 5) is 7.65. The van der Waals surface area contributed by atoms with Crippen LogP contribution in [0.25, 0.3) is 0 Å². The Morgan fingerprint density at radius 2 is 1.67 bits per heavy atom. The van der Waals surface area contributed by atoms with E-state index in [0.717, 1.165) is 12.2 Å². The molecule has 27 heavy (non-hydrogen) atoms. The number of nitrogens with zero attached hydrogens (tertiary/aromatic N) is 2. The van der Waals surface area contributed by atoms with Crippen LogP contribution in [0, 0.1) is 9.65 Å². The number of hydrogen-bond acceptors (Lipinski definition) is 4. The predicted molar refractivity (Wildman–Crippen MR) is 113 cm³/mol. The van der Waals surface area contributed by atoms with Gasteiger partial charge in [-0.1, -0.05) is 64.0 Å². The summed E-state index contributed by atoms with van der Waals surface area (Å²) in [7, 11) is 0. The van der Waals surface area contributed by atoms with Crippen LogP contribution in [0.5, 0.6) is 5.75 Å². The van der Waals surface area contributed by atoms with E-state index < -0.39 is 12.1 Å². The third kappa shape index (κ3) is 7.70. The lowest BCUT2D eigenvalue weighted by Gasteiger charge is -2.12. The highest BCUT2D eigenvalue weighted by molar-refractivity contribution is 14.1. The van der Waals surface area contributed by atoms with Gasteiger partial charge in [0.1, 0.15) is 21.2 Å². The molecule has 2 rings (SSSR count). The smallest absolute Gasteiger partial charge is 0.238 e. The number of hydrogen-bond donors (Lipinski definition) is 1. The average molecular weight is 486 g/mol. The fraction of sp³-hybridized carbons (Fsp3) is 0.524. The highest BCUT2D eigenvalue weighted by Crippen LogP contribution is 2.24. The minimum absolute atomic E-state index is 0.0666. The molecule has 0 aliphatic rings. The standard InChI is InChI=1S/C21H28FIN2O2/c1-2-3-4-5-6-7-8-9-14-27-17-12-10-16(11-13-17)20(26)19-21(22)25-18(23)15-24-19/h10-13,15,20,26H,2-9,14H2,1H3. The molecule has 1 aromatic carbocycles. The molecular formula is C21H28FIN2O2. The summed E-state index contributed by atoms with van der Waals surface area (Å²) in [6, 6.07) is 7.04. The van der Waals surface area contributed by atoms with Crippen LogP contribution in [0.4, 0.5) is 4.39 Å². The van der Waals surface area contributed by atoms with Crippen LogP contribution in [-0.2, 0) is 0 Å². The van der Waals surface area contributed by atoms with Gasteiger partial charge in [-0.15, -0.1) is 0 Å². The number of rotatable bonds is 12. The summed E-state index contributed by atoms with van der Waals surface area (Å²) in [5.41, 5.74) is 0.492. The topological polar surface area (TPSA) is 55.2 Å². The lowest BCUT2D eigenvalue weighted by atomic mass is 10.1. The average Bonchev–Trinajstić information content (AvgIpc) is 2.67. The van der Waals surface area contributed by atoms with Crippen molar-refractivity contribution >= 4 is 22.6 Å². The first kappa shape index (κ1) is 22.0. The van der Waals surface area contributed by atoms with E-state index in [4.69, 9.17) is 4.74 Å². The Kier molecular flexibility index (Phi) is 9.97. The van der Waals surface area contributed by atoms with Gasteiger partial charge < -0.3 is 9.84 Å². The molecule has 0 saturated carbocycles. The maximum Gasteiger partial charge on any atom is 0.238 e. The number of benzene rings is 1. The third-order valence-electron chi connectivity index (χ3n) is 4.45. The lowest BCUT2D eigenvalue weighted by molar-refractivity contribution is 0.207. The van der Waals surface area contributed by atoms with E-state index in [9.17, 15) is 9.50 Å². The van der Waals surface area contributed by atoms with Gasteiger partial charge in [-0.25, -0.2) is 4.98 Å². The van der Waals surface area contributed by atoms with Crippen molar-refractivity contribution in [2.75, 3.05) is 6.61 Å². The van der Waals surface area contributed by atoms with Gasteiger partial charge in [0.05, 0.1) is 12.8 Å². The normalized spacial score (nSPS) is 12.1. The van der Waals surface area contributed by atoms with E-state index >= 15 is 0 Å². The van der Waals surface area contributed by atoms with Crippen molar-refractivity contribution in [3.8, 4) is 5.75 Å². The van der Waals surface area contributed by atoms with Crippen LogP contribution in [0.1, 0.15) is 75.7 Å². The van der Waals surface area contributed by atoms with Crippen molar-refractivity contribution in [1.29, 1.82) is 0 Å². The molecule has 1 heterocycles. The summed E-state index contributed by atoms with van der Waals surface area (Å²) in [6.45, 7) is 2.92. The Morgan fingerprint density at radius 3 is 2.30 bits per heavy atom. The zero-order chi connectivity index (χ0) is 19.5. The Bertz CT molecular complexity index is 682. The number of ether oxygens (including phenoxy) is 1. The molecule has 0 spiro atoms. The second-order valence-electron chi connectivity index (χ2n) is 6.66. The zero-order valence-electron chi connectivity index (χ0n) is 15.8. The van der Waals surface area contributed by atoms with Crippen molar-refractivity contribution in [3.05, 3.63) is 51.4 Å². The number of aliphatic hydroxyl groups excluding tert-OH is 1. The molecule has 0 aliphatic carbocycles. The summed E-state index contributed by atoms with van der Waals surface area (Å²) in [5, 5.41) is 10.3. The summed E-state index contributed by atoms with van der Waals surface area (Å²) in [5.74, 6) is 0.00693. The van der Waals surface area contributed by atoms with Crippen molar-refractivity contribution in [2.24, 2.45) is 0 Å². The number of unbranched alkanes of at least 4 members (excludes halogenated alkanes) is 7. The van der Waals surface area contributed by atoms with Crippen LogP contribution < -0.4 is 4.74 Å². The molecule has 6 heteroatoms. The minimum Gasteiger partial charge on any atom is -0.494 e. The fourth-order valence-corrected chi connectivity index (χ4v) is 3.22. The van der Waals surface area contributed by atoms with E-state index in [2.05, 4.69) is 16.9 Å². The number of halogens is 2. The molecule has 0 fully saturated rings. The van der Waals surface area contributed by atoms with Crippen molar-refractivity contribution in [1.82, 2.24) is 9.97 Å². The van der Waals surface area contributed by atoms with Gasteiger partial charge >= 0.3 is 0 Å². The molecular weight excluding hydrogens is 458 g/mol. The molecule has 1 N–H and O–H groups in total. The van der Waals surface area contributed by atoms with Gasteiger partial charge in [0, 0.05) is 0 Å². The molecule has 0 amide bonds. The van der Waals surface area contributed by atoms with Crippen LogP contribution in [-0.4, -0.2) is 21.7 Å². The lowest BCUT2D eigenvalue weighted by Crippen LogP contribution is -2.08. The van der Waals surface area contributed by atoms with E-state index in [-0.39, 0.29) is 5.69 Å². The molecule has 0 radical (unpaired) electrons. The molecule has 1 aromatic heterocycles. The van der Waals surface area contributed by atoms with Gasteiger partial charge in [-0.2, -0.15) is 4.39 Å². The maximum absolute atomic E-state index is 13.9. The predicted octanol–water partition coefficient (Wildman–Crippen LogP) is 5.82. The molecule has 148 valence electrons. The monoisotopic (exact) mass is 486 g/mol. The molecule has 0 bridgehead atoms. The Labute approximate surface area is 174 Å². The summed E-state index contributed by atoms with van der Waals surface area (Å²) in [6.07, 6.45) is 10.4. The van der Waals surface area contributed by atoms with Gasteiger partial charge in [0.2, 0.25) is 5.95 Å². The summed E-state index contributed by atoms with van der Waals surface area (Å²) >= 11 is 1.88. The molecule has 1 unspecified atom stereocenters. The molecule has 1 atom stereocenters. The quantitative estimate of drug-likeness (QED) is 0.304. The van der Waals surface area contributed by atoms with Gasteiger partial charge in [-0.3, -0.25) is 4.98 Å². The molecule has 2 aromatic rings. The highest BCUT2D eigenvalue weighted by atomic mass is 127. The van der Waals surface area contributed by atoms with Gasteiger partial charge in [0.15, 0.2) is 0 Å². The molecule has 4 nitrogen and oxygen atoms in total. The number of aliphatic hydroxyl groups is 1. The van der Waals surface area contributed by atoms with Crippen molar-refractivity contribution < 1.29 is 14.2 Å². The van der Waals surface area contributed by atoms with E-state index in [0.29, 0.717) is 15.9 Å². The zero-order valence-corrected chi connectivity index (χ0v) is 18.0. The van der Waals surface area contributed by atoms with E-state index in [1.165, 1.54) is 51.1 Å². The largest absolute Gasteiger partial charge is 0.494 e. The van der Waals surface area contributed by atoms with Crippen LogP contribution in [0.15, 0.2) is 30.5 Å². The molecule has 0 aliphatic heterocycles. The molecule has 0 saturated heterocycles. The number of aromatic nitrogens is 2. The first-order chi connectivity index (χ1) is 13.1. The van der Waals surface area contributed by atoms with Gasteiger partial charge in [0.25, 0.3) is 0 Å². The van der Waals surface area contributed by atoms with Crippen molar-refractivity contribution in [2.45, 2.75) is 64.4 Å². The fourth-order valence-electron chi connectivity index (χ4n) is 2.87. The second-order valence-corrected chi connectivity index (χ2v) is 7.77. The maximum atomic E-state index is 13.9. The van der Waals surface area contributed by atoms with E-state index in [1.807, 2.05) is 22.6 Å².